The zero-order chi connectivity index (χ0) is 23.7. The Morgan fingerprint density at radius 3 is 2.74 bits per heavy atom. The highest BCUT2D eigenvalue weighted by Crippen LogP contribution is 2.33. The molecule has 0 spiro atoms. The van der Waals surface area contributed by atoms with Crippen LogP contribution >= 0.6 is 0 Å². The molecule has 2 aromatic heterocycles. The summed E-state index contributed by atoms with van der Waals surface area (Å²) in [6.07, 6.45) is 4.60. The Labute approximate surface area is 197 Å². The molecule has 9 nitrogen and oxygen atoms in total. The topological polar surface area (TPSA) is 116 Å². The average molecular weight is 460 g/mol. The van der Waals surface area contributed by atoms with Gasteiger partial charge in [-0.25, -0.2) is 0 Å². The molecule has 2 aliphatic rings. The Hall–Kier alpha value is -4.06. The molecule has 0 bridgehead atoms. The summed E-state index contributed by atoms with van der Waals surface area (Å²) in [5.74, 6) is 1.03. The highest BCUT2D eigenvalue weighted by Gasteiger charge is 2.29. The number of nitriles is 1. The molecule has 1 fully saturated rings. The van der Waals surface area contributed by atoms with E-state index in [9.17, 15) is 14.9 Å². The Morgan fingerprint density at radius 2 is 2.03 bits per heavy atom. The molecule has 0 atom stereocenters. The fourth-order valence-corrected chi connectivity index (χ4v) is 4.70. The minimum Gasteiger partial charge on any atom is -0.459 e. The van der Waals surface area contributed by atoms with Crippen molar-refractivity contribution in [3.05, 3.63) is 47.9 Å². The van der Waals surface area contributed by atoms with Gasteiger partial charge in [-0.3, -0.25) is 9.59 Å². The van der Waals surface area contributed by atoms with Crippen LogP contribution in [-0.2, 0) is 16.0 Å². The summed E-state index contributed by atoms with van der Waals surface area (Å²) in [4.78, 5) is 32.8. The van der Waals surface area contributed by atoms with E-state index in [0.29, 0.717) is 37.6 Å². The van der Waals surface area contributed by atoms with Crippen molar-refractivity contribution in [1.82, 2.24) is 4.98 Å². The summed E-state index contributed by atoms with van der Waals surface area (Å²) in [5.41, 5.74) is 2.97. The lowest BCUT2D eigenvalue weighted by molar-refractivity contribution is -0.120. The third-order valence-electron chi connectivity index (χ3n) is 6.45. The minimum atomic E-state index is -0.140. The van der Waals surface area contributed by atoms with Gasteiger partial charge in [-0.2, -0.15) is 10.2 Å². The van der Waals surface area contributed by atoms with Crippen LogP contribution in [-0.4, -0.2) is 36.4 Å². The van der Waals surface area contributed by atoms with Crippen LogP contribution in [0.15, 0.2) is 45.4 Å². The van der Waals surface area contributed by atoms with Gasteiger partial charge in [0.25, 0.3) is 5.89 Å². The zero-order valence-electron chi connectivity index (χ0n) is 18.9. The van der Waals surface area contributed by atoms with Crippen LogP contribution in [0.4, 0.5) is 17.3 Å². The number of carbonyl (C=O) groups is 2. The van der Waals surface area contributed by atoms with Crippen molar-refractivity contribution in [3.63, 3.8) is 0 Å². The first kappa shape index (κ1) is 21.8. The number of rotatable bonds is 4. The highest BCUT2D eigenvalue weighted by atomic mass is 16.4. The predicted octanol–water partition coefficient (Wildman–Crippen LogP) is 3.96. The monoisotopic (exact) mass is 459 g/mol. The van der Waals surface area contributed by atoms with Crippen LogP contribution in [0.5, 0.6) is 0 Å². The summed E-state index contributed by atoms with van der Waals surface area (Å²) in [6.45, 7) is 3.47. The van der Waals surface area contributed by atoms with E-state index < -0.39 is 0 Å². The number of nitrogens with one attached hydrogen (secondary N) is 1. The maximum Gasteiger partial charge on any atom is 0.266 e. The second-order valence-corrected chi connectivity index (χ2v) is 8.63. The van der Waals surface area contributed by atoms with Gasteiger partial charge in [0.2, 0.25) is 23.4 Å². The normalized spacial score (nSPS) is 16.1. The van der Waals surface area contributed by atoms with E-state index in [4.69, 9.17) is 8.83 Å². The number of aryl methyl sites for hydroxylation is 1. The van der Waals surface area contributed by atoms with Crippen molar-refractivity contribution in [2.45, 2.75) is 32.6 Å². The van der Waals surface area contributed by atoms with E-state index in [0.717, 1.165) is 36.3 Å². The second-order valence-electron chi connectivity index (χ2n) is 8.63. The van der Waals surface area contributed by atoms with Crippen molar-refractivity contribution in [1.29, 1.82) is 5.26 Å². The van der Waals surface area contributed by atoms with E-state index in [2.05, 4.69) is 16.4 Å². The molecule has 1 saturated heterocycles. The molecule has 1 aromatic carbocycles. The van der Waals surface area contributed by atoms with Crippen molar-refractivity contribution in [3.8, 4) is 17.7 Å². The van der Waals surface area contributed by atoms with Gasteiger partial charge >= 0.3 is 0 Å². The molecule has 3 aromatic rings. The molecule has 0 saturated carbocycles. The van der Waals surface area contributed by atoms with E-state index in [1.807, 2.05) is 23.1 Å². The molecule has 2 amide bonds. The molecule has 9 heteroatoms. The van der Waals surface area contributed by atoms with Gasteiger partial charge in [0.05, 0.1) is 6.26 Å². The van der Waals surface area contributed by atoms with Gasteiger partial charge in [-0.1, -0.05) is 0 Å². The number of benzene rings is 1. The molecule has 174 valence electrons. The summed E-state index contributed by atoms with van der Waals surface area (Å²) in [7, 11) is 0. The van der Waals surface area contributed by atoms with Crippen molar-refractivity contribution < 1.29 is 18.4 Å². The number of piperidine rings is 1. The molecular weight excluding hydrogens is 434 g/mol. The number of fused-ring (bicyclic) bond motifs is 1. The molecule has 4 heterocycles. The Kier molecular flexibility index (Phi) is 5.80. The Balaban J connectivity index is 1.22. The van der Waals surface area contributed by atoms with Crippen LogP contribution in [0.3, 0.4) is 0 Å². The summed E-state index contributed by atoms with van der Waals surface area (Å²) < 4.78 is 11.1. The Morgan fingerprint density at radius 1 is 1.21 bits per heavy atom. The molecule has 0 unspecified atom stereocenters. The third kappa shape index (κ3) is 4.15. The molecule has 1 N–H and O–H groups in total. The van der Waals surface area contributed by atoms with Gasteiger partial charge in [0, 0.05) is 43.9 Å². The van der Waals surface area contributed by atoms with Gasteiger partial charge in [-0.05, 0) is 61.6 Å². The van der Waals surface area contributed by atoms with E-state index in [1.54, 1.807) is 24.0 Å². The van der Waals surface area contributed by atoms with E-state index >= 15 is 0 Å². The van der Waals surface area contributed by atoms with Crippen LogP contribution in [0.1, 0.15) is 37.4 Å². The average Bonchev–Trinajstić information content (AvgIpc) is 3.53. The smallest absolute Gasteiger partial charge is 0.266 e. The predicted molar refractivity (Wildman–Crippen MR) is 125 cm³/mol. The van der Waals surface area contributed by atoms with Crippen LogP contribution < -0.4 is 15.1 Å². The van der Waals surface area contributed by atoms with Crippen LogP contribution in [0, 0.1) is 17.2 Å². The number of hydrogen-bond acceptors (Lipinski definition) is 7. The Bertz CT molecular complexity index is 1250. The van der Waals surface area contributed by atoms with Crippen molar-refractivity contribution in [2.24, 2.45) is 5.92 Å². The number of anilines is 3. The maximum atomic E-state index is 12.9. The molecular formula is C25H25N5O4. The lowest BCUT2D eigenvalue weighted by atomic mass is 9.95. The molecule has 34 heavy (non-hydrogen) atoms. The van der Waals surface area contributed by atoms with Gasteiger partial charge < -0.3 is 24.0 Å². The lowest BCUT2D eigenvalue weighted by Gasteiger charge is -2.31. The number of aromatic nitrogens is 1. The standard InChI is InChI=1S/C25H25N5O4/c1-16(31)30-10-2-4-18-14-19(6-7-21(18)30)27-23(32)17-8-11-29(12-9-17)25-20(15-26)28-24(34-25)22-5-3-13-33-22/h3,5-7,13-14,17H,2,4,8-12H2,1H3,(H,27,32). The first-order valence-electron chi connectivity index (χ1n) is 11.4. The first-order chi connectivity index (χ1) is 16.5. The zero-order valence-corrected chi connectivity index (χ0v) is 18.9. The number of nitrogens with zero attached hydrogens (tertiary/aromatic N) is 4. The first-order valence-corrected chi connectivity index (χ1v) is 11.4. The number of amides is 2. The number of hydrogen-bond donors (Lipinski definition) is 1. The van der Waals surface area contributed by atoms with Crippen LogP contribution in [0.2, 0.25) is 0 Å². The molecule has 2 aliphatic heterocycles. The van der Waals surface area contributed by atoms with Gasteiger partial charge in [-0.15, -0.1) is 0 Å². The van der Waals surface area contributed by atoms with Crippen molar-refractivity contribution >= 4 is 29.1 Å². The summed E-state index contributed by atoms with van der Waals surface area (Å²) >= 11 is 0. The largest absolute Gasteiger partial charge is 0.459 e. The highest BCUT2D eigenvalue weighted by molar-refractivity contribution is 5.95. The van der Waals surface area contributed by atoms with Crippen molar-refractivity contribution in [2.75, 3.05) is 34.8 Å². The molecule has 5 rings (SSSR count). The minimum absolute atomic E-state index is 0.0202. The maximum absolute atomic E-state index is 12.9. The number of oxazole rings is 1. The molecule has 0 radical (unpaired) electrons. The quantitative estimate of drug-likeness (QED) is 0.628. The fourth-order valence-electron chi connectivity index (χ4n) is 4.70. The molecule has 0 aliphatic carbocycles. The van der Waals surface area contributed by atoms with Crippen LogP contribution in [0.25, 0.3) is 11.7 Å². The van der Waals surface area contributed by atoms with E-state index in [-0.39, 0.29) is 29.3 Å². The van der Waals surface area contributed by atoms with E-state index in [1.165, 1.54) is 6.26 Å². The lowest BCUT2D eigenvalue weighted by Crippen LogP contribution is -2.38. The third-order valence-corrected chi connectivity index (χ3v) is 6.45. The fraction of sp³-hybridized carbons (Fsp3) is 0.360. The van der Waals surface area contributed by atoms with Gasteiger partial charge in [0.15, 0.2) is 5.76 Å². The number of carbonyl (C=O) groups excluding carboxylic acids is 2. The SMILES string of the molecule is CC(=O)N1CCCc2cc(NC(=O)C3CCN(c4oc(-c5ccco5)nc4C#N)CC3)ccc21. The second kappa shape index (κ2) is 9.06. The number of furan rings is 1. The summed E-state index contributed by atoms with van der Waals surface area (Å²) in [5, 5.41) is 12.5. The summed E-state index contributed by atoms with van der Waals surface area (Å²) in [6, 6.07) is 11.3. The van der Waals surface area contributed by atoms with Gasteiger partial charge in [0.1, 0.15) is 6.07 Å².